The van der Waals surface area contributed by atoms with Gasteiger partial charge in [-0.25, -0.2) is 4.98 Å². The molecule has 8 heteroatoms. The van der Waals surface area contributed by atoms with Crippen molar-refractivity contribution < 1.29 is 18.0 Å². The summed E-state index contributed by atoms with van der Waals surface area (Å²) in [6, 6.07) is 20.7. The summed E-state index contributed by atoms with van der Waals surface area (Å²) < 4.78 is 40.6. The zero-order valence-electron chi connectivity index (χ0n) is 16.5. The lowest BCUT2D eigenvalue weighted by atomic mass is 10.1. The van der Waals surface area contributed by atoms with Crippen LogP contribution in [0.15, 0.2) is 84.6 Å². The molecule has 1 amide bonds. The number of halogens is 3. The van der Waals surface area contributed by atoms with Gasteiger partial charge in [-0.05, 0) is 36.4 Å². The minimum atomic E-state index is -4.55. The number of fused-ring (bicyclic) bond motifs is 1. The van der Waals surface area contributed by atoms with E-state index in [0.717, 1.165) is 17.7 Å². The van der Waals surface area contributed by atoms with Gasteiger partial charge in [0, 0.05) is 17.4 Å². The number of alkyl halides is 3. The van der Waals surface area contributed by atoms with Crippen LogP contribution in [0.2, 0.25) is 0 Å². The number of anilines is 1. The van der Waals surface area contributed by atoms with Crippen molar-refractivity contribution in [2.75, 3.05) is 5.32 Å². The van der Waals surface area contributed by atoms with Crippen LogP contribution >= 0.6 is 0 Å². The summed E-state index contributed by atoms with van der Waals surface area (Å²) in [4.78, 5) is 17.3. The summed E-state index contributed by atoms with van der Waals surface area (Å²) in [5, 5.41) is 12.0. The topological polar surface area (TPSA) is 70.2 Å². The number of pyridine rings is 1. The molecule has 0 atom stereocenters. The number of carbonyl (C=O) groups excluding carboxylic acids is 1. The number of nitrogens with zero attached hydrogens (tertiary/aromatic N) is 3. The van der Waals surface area contributed by atoms with Crippen molar-refractivity contribution in [1.29, 1.82) is 5.26 Å². The summed E-state index contributed by atoms with van der Waals surface area (Å²) in [5.74, 6) is -0.822. The lowest BCUT2D eigenvalue weighted by Crippen LogP contribution is -2.14. The quantitative estimate of drug-likeness (QED) is 0.339. The number of nitriles is 1. The van der Waals surface area contributed by atoms with E-state index in [1.165, 1.54) is 18.2 Å². The van der Waals surface area contributed by atoms with Crippen LogP contribution in [0.4, 0.5) is 18.9 Å². The van der Waals surface area contributed by atoms with Gasteiger partial charge in [0.2, 0.25) is 0 Å². The fraction of sp³-hybridized carbons (Fsp3) is 0.0417. The van der Waals surface area contributed by atoms with Gasteiger partial charge < -0.3 is 5.32 Å². The molecule has 0 radical (unpaired) electrons. The number of benzene rings is 2. The molecule has 0 spiro atoms. The fourth-order valence-corrected chi connectivity index (χ4v) is 3.22. The molecule has 158 valence electrons. The fourth-order valence-electron chi connectivity index (χ4n) is 3.22. The Morgan fingerprint density at radius 3 is 2.50 bits per heavy atom. The first-order valence-corrected chi connectivity index (χ1v) is 9.50. The Bertz CT molecular complexity index is 1370. The van der Waals surface area contributed by atoms with E-state index in [1.807, 2.05) is 42.5 Å². The molecule has 2 heterocycles. The summed E-state index contributed by atoms with van der Waals surface area (Å²) in [6.07, 6.45) is -1.42. The molecule has 0 saturated carbocycles. The maximum Gasteiger partial charge on any atom is 0.416 e. The Balaban J connectivity index is 1.74. The van der Waals surface area contributed by atoms with Crippen molar-refractivity contribution >= 4 is 23.3 Å². The predicted octanol–water partition coefficient (Wildman–Crippen LogP) is 5.57. The average Bonchev–Trinajstić information content (AvgIpc) is 3.16. The lowest BCUT2D eigenvalue weighted by Gasteiger charge is -2.09. The molecular weight excluding hydrogens is 417 g/mol. The highest BCUT2D eigenvalue weighted by Crippen LogP contribution is 2.31. The lowest BCUT2D eigenvalue weighted by molar-refractivity contribution is -0.137. The van der Waals surface area contributed by atoms with Crippen LogP contribution in [0.3, 0.4) is 0 Å². The van der Waals surface area contributed by atoms with Crippen molar-refractivity contribution in [3.63, 3.8) is 0 Å². The van der Waals surface area contributed by atoms with E-state index >= 15 is 0 Å². The third-order valence-electron chi connectivity index (χ3n) is 4.71. The van der Waals surface area contributed by atoms with Gasteiger partial charge in [0.05, 0.1) is 17.0 Å². The standard InChI is InChI=1S/C24H15F3N4O/c25-24(26,27)18-9-6-10-19(14-18)29-23(32)17(15-28)13-20-22(16-7-2-1-3-8-16)30-21-11-4-5-12-31(20)21/h1-14H,(H,29,32)/b17-13+. The molecule has 2 aromatic carbocycles. The molecule has 0 bridgehead atoms. The first-order valence-electron chi connectivity index (χ1n) is 9.50. The van der Waals surface area contributed by atoms with Crippen LogP contribution in [0.5, 0.6) is 0 Å². The van der Waals surface area contributed by atoms with Gasteiger partial charge in [0.1, 0.15) is 17.3 Å². The highest BCUT2D eigenvalue weighted by Gasteiger charge is 2.30. The number of hydrogen-bond donors (Lipinski definition) is 1. The van der Waals surface area contributed by atoms with Crippen molar-refractivity contribution in [3.05, 3.63) is 95.8 Å². The van der Waals surface area contributed by atoms with Crippen molar-refractivity contribution in [2.24, 2.45) is 0 Å². The molecule has 4 rings (SSSR count). The number of hydrogen-bond acceptors (Lipinski definition) is 3. The summed E-state index contributed by atoms with van der Waals surface area (Å²) in [6.45, 7) is 0. The van der Waals surface area contributed by atoms with Crippen molar-refractivity contribution in [1.82, 2.24) is 9.38 Å². The summed E-state index contributed by atoms with van der Waals surface area (Å²) in [5.41, 5.74) is 1.24. The van der Waals surface area contributed by atoms with Gasteiger partial charge in [-0.2, -0.15) is 18.4 Å². The van der Waals surface area contributed by atoms with Crippen LogP contribution in [0.25, 0.3) is 23.0 Å². The molecule has 0 aliphatic rings. The number of amides is 1. The number of imidazole rings is 1. The second-order valence-corrected chi connectivity index (χ2v) is 6.84. The maximum absolute atomic E-state index is 12.9. The molecule has 0 saturated heterocycles. The Kier molecular flexibility index (Phi) is 5.48. The van der Waals surface area contributed by atoms with Gasteiger partial charge in [0.15, 0.2) is 0 Å². The van der Waals surface area contributed by atoms with Gasteiger partial charge in [-0.15, -0.1) is 0 Å². The highest BCUT2D eigenvalue weighted by molar-refractivity contribution is 6.10. The molecule has 1 N–H and O–H groups in total. The van der Waals surface area contributed by atoms with E-state index in [9.17, 15) is 23.2 Å². The minimum Gasteiger partial charge on any atom is -0.321 e. The van der Waals surface area contributed by atoms with E-state index < -0.39 is 17.6 Å². The van der Waals surface area contributed by atoms with Crippen LogP contribution in [0, 0.1) is 11.3 Å². The van der Waals surface area contributed by atoms with E-state index in [2.05, 4.69) is 10.3 Å². The zero-order valence-corrected chi connectivity index (χ0v) is 16.5. The monoisotopic (exact) mass is 432 g/mol. The largest absolute Gasteiger partial charge is 0.416 e. The van der Waals surface area contributed by atoms with Crippen LogP contribution in [0.1, 0.15) is 11.3 Å². The summed E-state index contributed by atoms with van der Waals surface area (Å²) in [7, 11) is 0. The van der Waals surface area contributed by atoms with Crippen LogP contribution in [-0.2, 0) is 11.0 Å². The molecule has 0 aliphatic carbocycles. The van der Waals surface area contributed by atoms with Gasteiger partial charge in [-0.3, -0.25) is 9.20 Å². The van der Waals surface area contributed by atoms with Gasteiger partial charge in [0.25, 0.3) is 5.91 Å². The molecule has 0 fully saturated rings. The van der Waals surface area contributed by atoms with E-state index in [0.29, 0.717) is 17.0 Å². The molecule has 2 aromatic heterocycles. The smallest absolute Gasteiger partial charge is 0.321 e. The van der Waals surface area contributed by atoms with Gasteiger partial charge in [-0.1, -0.05) is 42.5 Å². The third-order valence-corrected chi connectivity index (χ3v) is 4.71. The third kappa shape index (κ3) is 4.23. The Labute approximate surface area is 181 Å². The number of carbonyl (C=O) groups is 1. The molecule has 0 unspecified atom stereocenters. The van der Waals surface area contributed by atoms with Crippen LogP contribution in [-0.4, -0.2) is 15.3 Å². The first kappa shape index (κ1) is 20.9. The Morgan fingerprint density at radius 2 is 1.78 bits per heavy atom. The SMILES string of the molecule is N#C/C(=C\c1c(-c2ccccc2)nc2ccccn12)C(=O)Nc1cccc(C(F)(F)F)c1. The number of rotatable bonds is 4. The molecule has 0 aliphatic heterocycles. The van der Waals surface area contributed by atoms with E-state index in [4.69, 9.17) is 0 Å². The molecule has 32 heavy (non-hydrogen) atoms. The Morgan fingerprint density at radius 1 is 1.03 bits per heavy atom. The second-order valence-electron chi connectivity index (χ2n) is 6.84. The second kappa shape index (κ2) is 8.40. The number of aromatic nitrogens is 2. The highest BCUT2D eigenvalue weighted by atomic mass is 19.4. The number of nitrogens with one attached hydrogen (secondary N) is 1. The molecule has 5 nitrogen and oxygen atoms in total. The first-order chi connectivity index (χ1) is 15.4. The Hall–Kier alpha value is -4.38. The van der Waals surface area contributed by atoms with E-state index in [1.54, 1.807) is 22.7 Å². The molecule has 4 aromatic rings. The predicted molar refractivity (Wildman–Crippen MR) is 114 cm³/mol. The zero-order chi connectivity index (χ0) is 22.7. The van der Waals surface area contributed by atoms with Crippen LogP contribution < -0.4 is 5.32 Å². The maximum atomic E-state index is 12.9. The normalized spacial score (nSPS) is 11.9. The summed E-state index contributed by atoms with van der Waals surface area (Å²) >= 11 is 0. The van der Waals surface area contributed by atoms with Crippen molar-refractivity contribution in [3.8, 4) is 17.3 Å². The van der Waals surface area contributed by atoms with E-state index in [-0.39, 0.29) is 11.3 Å². The minimum absolute atomic E-state index is 0.0626. The average molecular weight is 432 g/mol. The van der Waals surface area contributed by atoms with Crippen molar-refractivity contribution in [2.45, 2.75) is 6.18 Å². The molecular formula is C24H15F3N4O. The van der Waals surface area contributed by atoms with Gasteiger partial charge >= 0.3 is 6.18 Å².